The van der Waals surface area contributed by atoms with Crippen molar-refractivity contribution >= 4 is 23.7 Å². The fraction of sp³-hybridized carbons (Fsp3) is 0.208. The highest BCUT2D eigenvalue weighted by atomic mass is 35.5. The van der Waals surface area contributed by atoms with Crippen molar-refractivity contribution in [1.29, 1.82) is 0 Å². The van der Waals surface area contributed by atoms with Gasteiger partial charge in [0.25, 0.3) is 0 Å². The second-order valence-corrected chi connectivity index (χ2v) is 7.92. The van der Waals surface area contributed by atoms with Gasteiger partial charge in [0.2, 0.25) is 0 Å². The molecule has 0 fully saturated rings. The molecule has 1 aromatic heterocycles. The van der Waals surface area contributed by atoms with Crippen molar-refractivity contribution in [2.75, 3.05) is 13.7 Å². The molecule has 1 N–H and O–H groups in total. The molecule has 158 valence electrons. The summed E-state index contributed by atoms with van der Waals surface area (Å²) in [5.74, 6) is -1.22. The zero-order chi connectivity index (χ0) is 22.0. The molecule has 0 aliphatic heterocycles. The molecule has 0 saturated carbocycles. The predicted molar refractivity (Wildman–Crippen MR) is 117 cm³/mol. The van der Waals surface area contributed by atoms with E-state index in [1.807, 2.05) is 36.4 Å². The summed E-state index contributed by atoms with van der Waals surface area (Å²) in [5, 5.41) is 10.1. The van der Waals surface area contributed by atoms with E-state index in [0.29, 0.717) is 10.6 Å². The minimum Gasteiger partial charge on any atom is -0.480 e. The molecule has 0 bridgehead atoms. The van der Waals surface area contributed by atoms with E-state index < -0.39 is 18.1 Å². The minimum absolute atomic E-state index is 0.0730. The van der Waals surface area contributed by atoms with Crippen LogP contribution in [-0.2, 0) is 16.0 Å². The number of carbonyl (C=O) groups excluding carboxylic acids is 1. The molecular formula is C24H21ClN2O4. The van der Waals surface area contributed by atoms with E-state index in [1.165, 1.54) is 19.4 Å². The third-order valence-corrected chi connectivity index (χ3v) is 5.77. The number of aromatic nitrogens is 1. The highest BCUT2D eigenvalue weighted by molar-refractivity contribution is 6.30. The molecule has 1 atom stereocenters. The van der Waals surface area contributed by atoms with Crippen LogP contribution >= 0.6 is 11.6 Å². The lowest BCUT2D eigenvalue weighted by atomic mass is 9.98. The van der Waals surface area contributed by atoms with Gasteiger partial charge < -0.3 is 9.84 Å². The molecule has 31 heavy (non-hydrogen) atoms. The molecule has 1 amide bonds. The summed E-state index contributed by atoms with van der Waals surface area (Å²) in [4.78, 5) is 29.6. The number of rotatable bonds is 6. The first-order chi connectivity index (χ1) is 15.0. The zero-order valence-corrected chi connectivity index (χ0v) is 17.6. The van der Waals surface area contributed by atoms with Crippen LogP contribution in [0.3, 0.4) is 0 Å². The Morgan fingerprint density at radius 2 is 1.71 bits per heavy atom. The van der Waals surface area contributed by atoms with E-state index in [2.05, 4.69) is 17.1 Å². The second-order valence-electron chi connectivity index (χ2n) is 7.48. The van der Waals surface area contributed by atoms with Crippen molar-refractivity contribution in [3.63, 3.8) is 0 Å². The highest BCUT2D eigenvalue weighted by Crippen LogP contribution is 2.44. The standard InChI is InChI=1S/C24H21ClN2O4/c1-27(22(23(28)29)11-15-10-16(25)13-26-12-15)24(30)31-14-21-19-8-4-2-6-17(19)18-7-3-5-9-20(18)21/h2-10,12-13,21-22H,11,14H2,1H3,(H,28,29). The lowest BCUT2D eigenvalue weighted by Gasteiger charge is -2.25. The maximum atomic E-state index is 12.7. The van der Waals surface area contributed by atoms with Crippen molar-refractivity contribution in [3.8, 4) is 11.1 Å². The van der Waals surface area contributed by atoms with Gasteiger partial charge >= 0.3 is 12.1 Å². The first-order valence-corrected chi connectivity index (χ1v) is 10.2. The molecule has 2 aromatic carbocycles. The van der Waals surface area contributed by atoms with Crippen LogP contribution in [0.4, 0.5) is 4.79 Å². The number of likely N-dealkylation sites (N-methyl/N-ethyl adjacent to an activating group) is 1. The fourth-order valence-electron chi connectivity index (χ4n) is 4.00. The lowest BCUT2D eigenvalue weighted by molar-refractivity contribution is -0.142. The van der Waals surface area contributed by atoms with Crippen LogP contribution in [-0.4, -0.2) is 46.7 Å². The minimum atomic E-state index is -1.13. The topological polar surface area (TPSA) is 79.7 Å². The molecule has 7 heteroatoms. The Morgan fingerprint density at radius 1 is 1.10 bits per heavy atom. The monoisotopic (exact) mass is 436 g/mol. The first kappa shape index (κ1) is 20.9. The van der Waals surface area contributed by atoms with Crippen molar-refractivity contribution in [3.05, 3.63) is 88.7 Å². The van der Waals surface area contributed by atoms with E-state index in [0.717, 1.165) is 27.2 Å². The molecule has 1 heterocycles. The van der Waals surface area contributed by atoms with Gasteiger partial charge in [0.15, 0.2) is 0 Å². The number of pyridine rings is 1. The SMILES string of the molecule is CN(C(=O)OCC1c2ccccc2-c2ccccc21)C(Cc1cncc(Cl)c1)C(=O)O. The van der Waals surface area contributed by atoms with Gasteiger partial charge in [0.1, 0.15) is 12.6 Å². The summed E-state index contributed by atoms with van der Waals surface area (Å²) in [7, 11) is 1.43. The lowest BCUT2D eigenvalue weighted by Crippen LogP contribution is -2.44. The summed E-state index contributed by atoms with van der Waals surface area (Å²) >= 11 is 5.94. The number of benzene rings is 2. The van der Waals surface area contributed by atoms with Gasteiger partial charge in [-0.3, -0.25) is 9.88 Å². The van der Waals surface area contributed by atoms with E-state index in [1.54, 1.807) is 6.07 Å². The van der Waals surface area contributed by atoms with Crippen LogP contribution in [0, 0.1) is 0 Å². The number of ether oxygens (including phenoxy) is 1. The van der Waals surface area contributed by atoms with Gasteiger partial charge in [0, 0.05) is 31.8 Å². The molecule has 1 aliphatic carbocycles. The van der Waals surface area contributed by atoms with E-state index in [4.69, 9.17) is 16.3 Å². The van der Waals surface area contributed by atoms with Crippen LogP contribution in [0.1, 0.15) is 22.6 Å². The van der Waals surface area contributed by atoms with Gasteiger partial charge in [-0.25, -0.2) is 9.59 Å². The number of hydrogen-bond donors (Lipinski definition) is 1. The predicted octanol–water partition coefficient (Wildman–Crippen LogP) is 4.61. The molecule has 1 unspecified atom stereocenters. The Hall–Kier alpha value is -3.38. The van der Waals surface area contributed by atoms with Gasteiger partial charge in [-0.1, -0.05) is 60.1 Å². The number of fused-ring (bicyclic) bond motifs is 3. The Kier molecular flexibility index (Phi) is 5.91. The molecule has 1 aliphatic rings. The van der Waals surface area contributed by atoms with E-state index >= 15 is 0 Å². The normalized spacial score (nSPS) is 13.2. The Morgan fingerprint density at radius 3 is 2.29 bits per heavy atom. The number of hydrogen-bond acceptors (Lipinski definition) is 4. The average molecular weight is 437 g/mol. The van der Waals surface area contributed by atoms with Crippen molar-refractivity contribution in [2.24, 2.45) is 0 Å². The largest absolute Gasteiger partial charge is 0.480 e. The van der Waals surface area contributed by atoms with Gasteiger partial charge in [-0.2, -0.15) is 0 Å². The van der Waals surface area contributed by atoms with Crippen molar-refractivity contribution in [2.45, 2.75) is 18.4 Å². The summed E-state index contributed by atoms with van der Waals surface area (Å²) in [5.41, 5.74) is 5.07. The second kappa shape index (κ2) is 8.78. The third-order valence-electron chi connectivity index (χ3n) is 5.57. The number of nitrogens with zero attached hydrogens (tertiary/aromatic N) is 2. The molecule has 0 spiro atoms. The van der Waals surface area contributed by atoms with Gasteiger partial charge in [0.05, 0.1) is 5.02 Å². The summed E-state index contributed by atoms with van der Waals surface area (Å²) in [6.45, 7) is 0.127. The smallest absolute Gasteiger partial charge is 0.410 e. The van der Waals surface area contributed by atoms with Crippen LogP contribution in [0.25, 0.3) is 11.1 Å². The van der Waals surface area contributed by atoms with E-state index in [-0.39, 0.29) is 18.9 Å². The van der Waals surface area contributed by atoms with Crippen LogP contribution in [0.2, 0.25) is 5.02 Å². The molecular weight excluding hydrogens is 416 g/mol. The quantitative estimate of drug-likeness (QED) is 0.610. The van der Waals surface area contributed by atoms with Crippen molar-refractivity contribution < 1.29 is 19.4 Å². The summed E-state index contributed by atoms with van der Waals surface area (Å²) in [6, 6.07) is 16.6. The maximum absolute atomic E-state index is 12.7. The molecule has 4 rings (SSSR count). The average Bonchev–Trinajstić information content (AvgIpc) is 3.09. The fourth-order valence-corrected chi connectivity index (χ4v) is 4.20. The number of carboxylic acids is 1. The molecule has 0 radical (unpaired) electrons. The summed E-state index contributed by atoms with van der Waals surface area (Å²) in [6.07, 6.45) is 2.39. The number of halogens is 1. The molecule has 6 nitrogen and oxygen atoms in total. The number of carbonyl (C=O) groups is 2. The summed E-state index contributed by atoms with van der Waals surface area (Å²) < 4.78 is 5.58. The number of amides is 1. The number of aliphatic carboxylic acids is 1. The zero-order valence-electron chi connectivity index (χ0n) is 16.9. The Labute approximate surface area is 185 Å². The van der Waals surface area contributed by atoms with Gasteiger partial charge in [-0.15, -0.1) is 0 Å². The van der Waals surface area contributed by atoms with Crippen molar-refractivity contribution in [1.82, 2.24) is 9.88 Å². The Bertz CT molecular complexity index is 1090. The molecule has 3 aromatic rings. The number of carboxylic acid groups (broad SMARTS) is 1. The Balaban J connectivity index is 1.48. The van der Waals surface area contributed by atoms with Crippen LogP contribution in [0.5, 0.6) is 0 Å². The van der Waals surface area contributed by atoms with E-state index in [9.17, 15) is 14.7 Å². The highest BCUT2D eigenvalue weighted by Gasteiger charge is 2.32. The third kappa shape index (κ3) is 4.25. The van der Waals surface area contributed by atoms with Gasteiger partial charge in [-0.05, 0) is 33.9 Å². The maximum Gasteiger partial charge on any atom is 0.410 e. The molecule has 0 saturated heterocycles. The first-order valence-electron chi connectivity index (χ1n) is 9.85. The van der Waals surface area contributed by atoms with Crippen LogP contribution in [0.15, 0.2) is 67.0 Å². The van der Waals surface area contributed by atoms with Crippen LogP contribution < -0.4 is 0 Å².